The van der Waals surface area contributed by atoms with Crippen LogP contribution in [0.3, 0.4) is 0 Å². The van der Waals surface area contributed by atoms with Crippen LogP contribution in [0.4, 0.5) is 17.6 Å². The van der Waals surface area contributed by atoms with E-state index in [-0.39, 0.29) is 41.2 Å². The Hall–Kier alpha value is -0.990. The van der Waals surface area contributed by atoms with Gasteiger partial charge in [-0.1, -0.05) is 12.1 Å². The van der Waals surface area contributed by atoms with Crippen LogP contribution in [-0.4, -0.2) is 24.3 Å². The minimum atomic E-state index is -4.39. The van der Waals surface area contributed by atoms with Crippen molar-refractivity contribution < 1.29 is 27.1 Å². The normalized spacial score (nSPS) is 14.0. The Bertz CT molecular complexity index is 456. The third-order valence-corrected chi connectivity index (χ3v) is 3.06. The molecule has 0 amide bonds. The van der Waals surface area contributed by atoms with Crippen molar-refractivity contribution in [2.75, 3.05) is 6.61 Å². The van der Waals surface area contributed by atoms with Crippen LogP contribution in [0.2, 0.25) is 0 Å². The molecule has 2 N–H and O–H groups in total. The molecule has 0 bridgehead atoms. The van der Waals surface area contributed by atoms with E-state index in [1.807, 2.05) is 0 Å². The minimum Gasteiger partial charge on any atom is -0.464 e. The third kappa shape index (κ3) is 6.54. The second-order valence-corrected chi connectivity index (χ2v) is 4.93. The summed E-state index contributed by atoms with van der Waals surface area (Å²) in [5.41, 5.74) is 1.37. The Morgan fingerprint density at radius 3 is 2.29 bits per heavy atom. The van der Waals surface area contributed by atoms with Crippen LogP contribution in [0.1, 0.15) is 18.5 Å². The number of hydrogen-bond acceptors (Lipinski definition) is 4. The maximum Gasteiger partial charge on any atom is 0.446 e. The molecular formula is C12H14ClF4NO2S. The van der Waals surface area contributed by atoms with Crippen molar-refractivity contribution in [2.45, 2.75) is 29.5 Å². The maximum atomic E-state index is 13.6. The van der Waals surface area contributed by atoms with Gasteiger partial charge in [0.2, 0.25) is 6.17 Å². The van der Waals surface area contributed by atoms with Gasteiger partial charge < -0.3 is 10.5 Å². The summed E-state index contributed by atoms with van der Waals surface area (Å²) in [4.78, 5) is 11.1. The lowest BCUT2D eigenvalue weighted by Gasteiger charge is -2.16. The number of thioether (sulfide) groups is 1. The van der Waals surface area contributed by atoms with Gasteiger partial charge in [0.1, 0.15) is 0 Å². The topological polar surface area (TPSA) is 52.3 Å². The quantitative estimate of drug-likeness (QED) is 0.502. The fourth-order valence-corrected chi connectivity index (χ4v) is 1.97. The second-order valence-electron chi connectivity index (χ2n) is 3.80. The number of carbonyl (C=O) groups is 1. The summed E-state index contributed by atoms with van der Waals surface area (Å²) in [6, 6.07) is 3.57. The number of nitrogens with two attached hydrogens (primary N) is 1. The van der Waals surface area contributed by atoms with Gasteiger partial charge in [0.15, 0.2) is 0 Å². The van der Waals surface area contributed by atoms with Crippen molar-refractivity contribution in [3.05, 3.63) is 29.8 Å². The summed E-state index contributed by atoms with van der Waals surface area (Å²) in [6.07, 6.45) is -2.06. The Balaban J connectivity index is 0.00000400. The van der Waals surface area contributed by atoms with Crippen molar-refractivity contribution in [1.29, 1.82) is 0 Å². The number of alkyl halides is 4. The molecule has 0 aliphatic carbocycles. The van der Waals surface area contributed by atoms with Crippen molar-refractivity contribution in [3.8, 4) is 0 Å². The molecule has 0 radical (unpaired) electrons. The van der Waals surface area contributed by atoms with Crippen LogP contribution in [0.15, 0.2) is 29.2 Å². The van der Waals surface area contributed by atoms with E-state index in [2.05, 4.69) is 4.74 Å². The summed E-state index contributed by atoms with van der Waals surface area (Å²) in [6.45, 7) is 1.55. The van der Waals surface area contributed by atoms with E-state index in [0.717, 1.165) is 0 Å². The second kappa shape index (κ2) is 8.45. The van der Waals surface area contributed by atoms with Gasteiger partial charge in [-0.15, -0.1) is 12.4 Å². The molecule has 0 aliphatic heterocycles. The SMILES string of the molecule is CCOC(=O)C(F)[C@@H](N)c1ccc(SC(F)(F)F)cc1.Cl. The smallest absolute Gasteiger partial charge is 0.446 e. The molecule has 0 spiro atoms. The number of hydrogen-bond donors (Lipinski definition) is 1. The number of benzene rings is 1. The molecule has 0 saturated heterocycles. The zero-order chi connectivity index (χ0) is 15.3. The first-order chi connectivity index (χ1) is 9.24. The largest absolute Gasteiger partial charge is 0.464 e. The van der Waals surface area contributed by atoms with E-state index >= 15 is 0 Å². The lowest BCUT2D eigenvalue weighted by atomic mass is 10.0. The molecule has 3 nitrogen and oxygen atoms in total. The van der Waals surface area contributed by atoms with Crippen LogP contribution in [0.25, 0.3) is 0 Å². The van der Waals surface area contributed by atoms with E-state index in [0.29, 0.717) is 0 Å². The first-order valence-electron chi connectivity index (χ1n) is 5.66. The van der Waals surface area contributed by atoms with E-state index in [9.17, 15) is 22.4 Å². The molecule has 0 saturated carbocycles. The highest BCUT2D eigenvalue weighted by atomic mass is 35.5. The van der Waals surface area contributed by atoms with E-state index in [4.69, 9.17) is 5.73 Å². The zero-order valence-electron chi connectivity index (χ0n) is 10.9. The molecule has 1 rings (SSSR count). The zero-order valence-corrected chi connectivity index (χ0v) is 12.5. The van der Waals surface area contributed by atoms with Gasteiger partial charge in [0, 0.05) is 4.90 Å². The van der Waals surface area contributed by atoms with Gasteiger partial charge in [-0.25, -0.2) is 9.18 Å². The van der Waals surface area contributed by atoms with Crippen molar-refractivity contribution in [1.82, 2.24) is 0 Å². The lowest BCUT2D eigenvalue weighted by Crippen LogP contribution is -2.31. The number of carbonyl (C=O) groups excluding carboxylic acids is 1. The molecule has 1 unspecified atom stereocenters. The minimum absolute atomic E-state index is 0. The Morgan fingerprint density at radius 2 is 1.86 bits per heavy atom. The highest BCUT2D eigenvalue weighted by Gasteiger charge is 2.30. The molecule has 21 heavy (non-hydrogen) atoms. The van der Waals surface area contributed by atoms with Gasteiger partial charge in [0.25, 0.3) is 0 Å². The standard InChI is InChI=1S/C12H13F4NO2S.ClH/c1-2-19-11(18)9(13)10(17)7-3-5-8(6-4-7)20-12(14,15)16;/h3-6,9-10H,2,17H2,1H3;1H/t9?,10-;/m0./s1. The predicted molar refractivity (Wildman–Crippen MR) is 74.1 cm³/mol. The van der Waals surface area contributed by atoms with Crippen molar-refractivity contribution >= 4 is 30.1 Å². The highest BCUT2D eigenvalue weighted by Crippen LogP contribution is 2.37. The summed E-state index contributed by atoms with van der Waals surface area (Å²) in [7, 11) is 0. The molecule has 2 atom stereocenters. The molecule has 0 heterocycles. The summed E-state index contributed by atoms with van der Waals surface area (Å²) >= 11 is -0.282. The van der Waals surface area contributed by atoms with E-state index < -0.39 is 23.7 Å². The summed E-state index contributed by atoms with van der Waals surface area (Å²) in [5, 5.41) is 0. The van der Waals surface area contributed by atoms with Crippen molar-refractivity contribution in [2.24, 2.45) is 5.73 Å². The van der Waals surface area contributed by atoms with Gasteiger partial charge in [-0.2, -0.15) is 13.2 Å². The Kier molecular flexibility index (Phi) is 8.05. The Morgan fingerprint density at radius 1 is 1.33 bits per heavy atom. The number of halogens is 5. The summed E-state index contributed by atoms with van der Waals surface area (Å²) in [5.74, 6) is -1.09. The first-order valence-corrected chi connectivity index (χ1v) is 6.48. The molecule has 0 aromatic heterocycles. The number of esters is 1. The van der Waals surface area contributed by atoms with Gasteiger partial charge in [-0.05, 0) is 36.4 Å². The average molecular weight is 348 g/mol. The van der Waals surface area contributed by atoms with Crippen LogP contribution < -0.4 is 5.73 Å². The fourth-order valence-electron chi connectivity index (χ4n) is 1.43. The summed E-state index contributed by atoms with van der Waals surface area (Å²) < 4.78 is 54.5. The predicted octanol–water partition coefficient (Wildman–Crippen LogP) is 3.62. The fraction of sp³-hybridized carbons (Fsp3) is 0.417. The number of ether oxygens (including phenoxy) is 1. The van der Waals surface area contributed by atoms with Crippen LogP contribution >= 0.6 is 24.2 Å². The monoisotopic (exact) mass is 347 g/mol. The molecule has 1 aromatic carbocycles. The Labute approximate surface area is 129 Å². The van der Waals surface area contributed by atoms with E-state index in [1.165, 1.54) is 31.2 Å². The van der Waals surface area contributed by atoms with Gasteiger partial charge in [0.05, 0.1) is 12.6 Å². The molecule has 9 heteroatoms. The average Bonchev–Trinajstić information content (AvgIpc) is 2.36. The van der Waals surface area contributed by atoms with Crippen LogP contribution in [-0.2, 0) is 9.53 Å². The number of rotatable bonds is 5. The molecular weight excluding hydrogens is 334 g/mol. The lowest BCUT2D eigenvalue weighted by molar-refractivity contribution is -0.149. The van der Waals surface area contributed by atoms with Crippen LogP contribution in [0, 0.1) is 0 Å². The first kappa shape index (κ1) is 20.0. The highest BCUT2D eigenvalue weighted by molar-refractivity contribution is 8.00. The maximum absolute atomic E-state index is 13.6. The van der Waals surface area contributed by atoms with Crippen LogP contribution in [0.5, 0.6) is 0 Å². The van der Waals surface area contributed by atoms with Crippen molar-refractivity contribution in [3.63, 3.8) is 0 Å². The molecule has 1 aromatic rings. The van der Waals surface area contributed by atoms with Gasteiger partial charge in [-0.3, -0.25) is 0 Å². The molecule has 120 valence electrons. The van der Waals surface area contributed by atoms with Gasteiger partial charge >= 0.3 is 11.5 Å². The molecule has 0 fully saturated rings. The third-order valence-electron chi connectivity index (χ3n) is 2.33. The molecule has 0 aliphatic rings. The van der Waals surface area contributed by atoms with E-state index in [1.54, 1.807) is 0 Å².